The summed E-state index contributed by atoms with van der Waals surface area (Å²) in [4.78, 5) is 51.3. The lowest BCUT2D eigenvalue weighted by atomic mass is 10.1. The molecule has 0 amide bonds. The Bertz CT molecular complexity index is 300. The highest BCUT2D eigenvalue weighted by atomic mass is 31.2. The molecule has 0 aromatic rings. The van der Waals surface area contributed by atoms with E-state index in [1.165, 1.54) is 51.4 Å². The van der Waals surface area contributed by atoms with Gasteiger partial charge in [0, 0.05) is 0 Å². The summed E-state index contributed by atoms with van der Waals surface area (Å²) in [6.45, 7) is 13.7. The second-order valence-electron chi connectivity index (χ2n) is 6.67. The zero-order chi connectivity index (χ0) is 21.8. The van der Waals surface area contributed by atoms with Crippen LogP contribution in [0, 0.1) is 11.8 Å². The molecule has 0 saturated carbocycles. The molecule has 0 fully saturated rings. The van der Waals surface area contributed by atoms with Gasteiger partial charge in [0.25, 0.3) is 0 Å². The van der Waals surface area contributed by atoms with Crippen LogP contribution >= 0.6 is 15.6 Å². The van der Waals surface area contributed by atoms with E-state index in [0.29, 0.717) is 0 Å². The molecule has 0 aliphatic carbocycles. The first-order valence-electron chi connectivity index (χ1n) is 9.00. The van der Waals surface area contributed by atoms with Crippen LogP contribution in [0.25, 0.3) is 0 Å². The van der Waals surface area contributed by atoms with E-state index in [4.69, 9.17) is 38.5 Å². The van der Waals surface area contributed by atoms with Crippen molar-refractivity contribution in [2.24, 2.45) is 11.8 Å². The van der Waals surface area contributed by atoms with E-state index in [2.05, 4.69) is 41.5 Å². The normalized spacial score (nSPS) is 11.0. The maximum absolute atomic E-state index is 8.55. The number of unbranched alkanes of at least 4 members (excludes halogenated alkanes) is 4. The predicted molar refractivity (Wildman–Crippen MR) is 93.2 cm³/mol. The lowest BCUT2D eigenvalue weighted by molar-refractivity contribution is -0.434. The van der Waals surface area contributed by atoms with E-state index < -0.39 is 15.6 Å². The summed E-state index contributed by atoms with van der Waals surface area (Å²) in [6.07, 6.45) is 11.2. The van der Waals surface area contributed by atoms with E-state index in [-0.39, 0.29) is 0 Å². The standard InChI is InChI=1S/2C8H18.2H3O4P/c2*1-4-5-6-7-8(2)3;2*1-5(2,3)4/h2*8H,4-7H2,1-3H3;2*(H3,1,2,3,4)/p-6. The summed E-state index contributed by atoms with van der Waals surface area (Å²) >= 11 is 0. The zero-order valence-electron chi connectivity index (χ0n) is 17.0. The Balaban J connectivity index is -0.000000127. The minimum Gasteiger partial charge on any atom is -0.822 e. The topological polar surface area (TPSA) is 172 Å². The highest BCUT2D eigenvalue weighted by Gasteiger charge is 1.91. The molecule has 8 nitrogen and oxygen atoms in total. The monoisotopic (exact) mass is 418 g/mol. The Kier molecular flexibility index (Phi) is 28.0. The van der Waals surface area contributed by atoms with Gasteiger partial charge in [-0.3, -0.25) is 0 Å². The minimum absolute atomic E-state index is 0.904. The van der Waals surface area contributed by atoms with Crippen LogP contribution in [0.15, 0.2) is 0 Å². The molecular weight excluding hydrogens is 382 g/mol. The maximum Gasteiger partial charge on any atom is -0.0471 e. The molecule has 0 N–H and O–H groups in total. The van der Waals surface area contributed by atoms with Crippen molar-refractivity contribution in [1.29, 1.82) is 0 Å². The highest BCUT2D eigenvalue weighted by molar-refractivity contribution is 7.40. The molecule has 0 spiro atoms. The first kappa shape index (κ1) is 33.8. The molecule has 0 bridgehead atoms. The van der Waals surface area contributed by atoms with Gasteiger partial charge in [0.2, 0.25) is 0 Å². The van der Waals surface area contributed by atoms with Crippen LogP contribution in [0.1, 0.15) is 92.9 Å². The Morgan fingerprint density at radius 2 is 0.769 bits per heavy atom. The first-order valence-corrected chi connectivity index (χ1v) is 11.9. The van der Waals surface area contributed by atoms with Gasteiger partial charge in [0.15, 0.2) is 0 Å². The molecule has 0 aliphatic heterocycles. The molecular formula is C16H36O8P2-6. The number of phosphoric acid groups is 2. The molecule has 0 aromatic heterocycles. The predicted octanol–water partition coefficient (Wildman–Crippen LogP) is 0.796. The fourth-order valence-electron chi connectivity index (χ4n) is 1.61. The third-order valence-electron chi connectivity index (χ3n) is 2.77. The molecule has 0 aromatic carbocycles. The van der Waals surface area contributed by atoms with Gasteiger partial charge < -0.3 is 38.5 Å². The Hall–Kier alpha value is 0.220. The minimum atomic E-state index is -5.39. The van der Waals surface area contributed by atoms with Crippen LogP contribution in [-0.4, -0.2) is 0 Å². The van der Waals surface area contributed by atoms with Crippen LogP contribution in [-0.2, 0) is 9.13 Å². The van der Waals surface area contributed by atoms with Gasteiger partial charge >= 0.3 is 0 Å². The van der Waals surface area contributed by atoms with Gasteiger partial charge in [-0.25, -0.2) is 0 Å². The molecule has 0 aliphatic rings. The van der Waals surface area contributed by atoms with E-state index in [0.717, 1.165) is 11.8 Å². The second-order valence-corrected chi connectivity index (χ2v) is 8.46. The van der Waals surface area contributed by atoms with Crippen LogP contribution < -0.4 is 29.4 Å². The van der Waals surface area contributed by atoms with Gasteiger partial charge in [-0.2, -0.15) is 15.6 Å². The number of hydrogen-bond acceptors (Lipinski definition) is 8. The van der Waals surface area contributed by atoms with Gasteiger partial charge in [0.1, 0.15) is 0 Å². The summed E-state index contributed by atoms with van der Waals surface area (Å²) in [6, 6.07) is 0. The molecule has 0 unspecified atom stereocenters. The smallest absolute Gasteiger partial charge is 0.0471 e. The third kappa shape index (κ3) is 125. The number of rotatable bonds is 8. The SMILES string of the molecule is CCCCCC(C)C.CCCCCC(C)C.O=P([O-])([O-])[O-].O=P([O-])([O-])[O-]. The van der Waals surface area contributed by atoms with Crippen LogP contribution in [0.2, 0.25) is 0 Å². The van der Waals surface area contributed by atoms with Crippen LogP contribution in [0.4, 0.5) is 0 Å². The Morgan fingerprint density at radius 3 is 0.885 bits per heavy atom. The number of hydrogen-bond donors (Lipinski definition) is 0. The lowest BCUT2D eigenvalue weighted by Crippen LogP contribution is -2.24. The Labute approximate surface area is 159 Å². The lowest BCUT2D eigenvalue weighted by Gasteiger charge is -2.36. The van der Waals surface area contributed by atoms with E-state index in [9.17, 15) is 0 Å². The molecule has 164 valence electrons. The largest absolute Gasteiger partial charge is 0.822 e. The average Bonchev–Trinajstić information content (AvgIpc) is 2.35. The van der Waals surface area contributed by atoms with Crippen LogP contribution in [0.5, 0.6) is 0 Å². The average molecular weight is 418 g/mol. The second kappa shape index (κ2) is 21.5. The van der Waals surface area contributed by atoms with E-state index in [1.807, 2.05) is 0 Å². The van der Waals surface area contributed by atoms with Crippen molar-refractivity contribution < 1.29 is 38.5 Å². The Morgan fingerprint density at radius 1 is 0.577 bits per heavy atom. The van der Waals surface area contributed by atoms with Crippen molar-refractivity contribution in [3.8, 4) is 0 Å². The van der Waals surface area contributed by atoms with Crippen molar-refractivity contribution in [2.75, 3.05) is 0 Å². The summed E-state index contributed by atoms with van der Waals surface area (Å²) in [5, 5.41) is 0. The van der Waals surface area contributed by atoms with E-state index >= 15 is 0 Å². The molecule has 26 heavy (non-hydrogen) atoms. The summed E-state index contributed by atoms with van der Waals surface area (Å²) < 4.78 is 17.1. The van der Waals surface area contributed by atoms with Gasteiger partial charge in [0.05, 0.1) is 0 Å². The molecule has 0 rings (SSSR count). The summed E-state index contributed by atoms with van der Waals surface area (Å²) in [7, 11) is -10.8. The fraction of sp³-hybridized carbons (Fsp3) is 1.00. The molecule has 0 atom stereocenters. The fourth-order valence-corrected chi connectivity index (χ4v) is 1.61. The van der Waals surface area contributed by atoms with Crippen LogP contribution in [0.3, 0.4) is 0 Å². The van der Waals surface area contributed by atoms with Gasteiger partial charge in [-0.1, -0.05) is 92.9 Å². The quantitative estimate of drug-likeness (QED) is 0.411. The van der Waals surface area contributed by atoms with Crippen molar-refractivity contribution in [3.05, 3.63) is 0 Å². The first-order chi connectivity index (χ1) is 11.5. The molecule has 10 heteroatoms. The highest BCUT2D eigenvalue weighted by Crippen LogP contribution is 2.07. The molecule has 0 heterocycles. The van der Waals surface area contributed by atoms with Crippen molar-refractivity contribution >= 4 is 15.6 Å². The van der Waals surface area contributed by atoms with E-state index in [1.54, 1.807) is 0 Å². The van der Waals surface area contributed by atoms with Crippen molar-refractivity contribution in [3.63, 3.8) is 0 Å². The van der Waals surface area contributed by atoms with Gasteiger partial charge in [-0.15, -0.1) is 0 Å². The summed E-state index contributed by atoms with van der Waals surface area (Å²) in [5.41, 5.74) is 0. The maximum atomic E-state index is 8.55. The third-order valence-corrected chi connectivity index (χ3v) is 2.77. The summed E-state index contributed by atoms with van der Waals surface area (Å²) in [5.74, 6) is 1.81. The van der Waals surface area contributed by atoms with Crippen molar-refractivity contribution in [2.45, 2.75) is 92.9 Å². The molecule has 0 radical (unpaired) electrons. The molecule has 0 saturated heterocycles. The van der Waals surface area contributed by atoms with Gasteiger partial charge in [-0.05, 0) is 11.8 Å². The van der Waals surface area contributed by atoms with Crippen molar-refractivity contribution in [1.82, 2.24) is 0 Å². The zero-order valence-corrected chi connectivity index (χ0v) is 18.8.